The van der Waals surface area contributed by atoms with Crippen LogP contribution in [0.4, 0.5) is 0 Å². The Morgan fingerprint density at radius 1 is 1.55 bits per heavy atom. The molecular formula is C10H17N7O2S. The molecular weight excluding hydrogens is 282 g/mol. The molecule has 0 aliphatic heterocycles. The lowest BCUT2D eigenvalue weighted by Crippen LogP contribution is -2.29. The number of hydrogen-bond acceptors (Lipinski definition) is 6. The third-order valence-corrected chi connectivity index (χ3v) is 4.47. The Morgan fingerprint density at radius 2 is 2.25 bits per heavy atom. The molecule has 0 saturated carbocycles. The zero-order valence-electron chi connectivity index (χ0n) is 11.5. The van der Waals surface area contributed by atoms with Crippen LogP contribution < -0.4 is 10.5 Å². The first-order valence-electron chi connectivity index (χ1n) is 5.97. The maximum atomic E-state index is 12.3. The van der Waals surface area contributed by atoms with Crippen LogP contribution >= 0.6 is 0 Å². The van der Waals surface area contributed by atoms with E-state index in [9.17, 15) is 8.42 Å². The molecule has 2 aromatic rings. The molecule has 1 atom stereocenters. The van der Waals surface area contributed by atoms with Gasteiger partial charge in [-0.05, 0) is 13.8 Å². The second-order valence-corrected chi connectivity index (χ2v) is 6.11. The van der Waals surface area contributed by atoms with Gasteiger partial charge < -0.3 is 10.3 Å². The number of aromatic amines is 1. The van der Waals surface area contributed by atoms with Gasteiger partial charge in [0.1, 0.15) is 12.2 Å². The quantitative estimate of drug-likeness (QED) is 0.672. The van der Waals surface area contributed by atoms with Crippen LogP contribution in [0.1, 0.15) is 30.0 Å². The summed E-state index contributed by atoms with van der Waals surface area (Å²) in [5.41, 5.74) is 6.68. The number of nitrogens with one attached hydrogen (secondary N) is 2. The number of nitrogens with two attached hydrogens (primary N) is 1. The Kier molecular flexibility index (Phi) is 3.88. The molecule has 0 aromatic carbocycles. The van der Waals surface area contributed by atoms with E-state index in [2.05, 4.69) is 25.1 Å². The SMILES string of the molecule is Cc1[nH]nc(S(=O)(=O)NC(C)c2nncn2C)c1CN. The van der Waals surface area contributed by atoms with Crippen LogP contribution in [-0.2, 0) is 23.6 Å². The lowest BCUT2D eigenvalue weighted by Gasteiger charge is -2.12. The first-order chi connectivity index (χ1) is 9.36. The van der Waals surface area contributed by atoms with E-state index < -0.39 is 16.1 Å². The number of aryl methyl sites for hydroxylation is 2. The highest BCUT2D eigenvalue weighted by Gasteiger charge is 2.26. The number of hydrogen-bond donors (Lipinski definition) is 3. The Hall–Kier alpha value is -1.78. The monoisotopic (exact) mass is 299 g/mol. The summed E-state index contributed by atoms with van der Waals surface area (Å²) in [4.78, 5) is 0. The van der Waals surface area contributed by atoms with E-state index in [1.807, 2.05) is 0 Å². The van der Waals surface area contributed by atoms with Crippen LogP contribution in [0.2, 0.25) is 0 Å². The normalized spacial score (nSPS) is 13.6. The second kappa shape index (κ2) is 5.31. The Morgan fingerprint density at radius 3 is 2.80 bits per heavy atom. The van der Waals surface area contributed by atoms with Crippen LogP contribution in [0.3, 0.4) is 0 Å². The van der Waals surface area contributed by atoms with Crippen molar-refractivity contribution in [3.05, 3.63) is 23.4 Å². The van der Waals surface area contributed by atoms with Gasteiger partial charge in [0.05, 0.1) is 6.04 Å². The third-order valence-electron chi connectivity index (χ3n) is 2.96. The van der Waals surface area contributed by atoms with E-state index in [1.165, 1.54) is 6.33 Å². The summed E-state index contributed by atoms with van der Waals surface area (Å²) in [6, 6.07) is -0.532. The van der Waals surface area contributed by atoms with E-state index >= 15 is 0 Å². The zero-order valence-corrected chi connectivity index (χ0v) is 12.3. The van der Waals surface area contributed by atoms with Crippen molar-refractivity contribution >= 4 is 10.0 Å². The molecule has 0 amide bonds. The summed E-state index contributed by atoms with van der Waals surface area (Å²) >= 11 is 0. The molecule has 0 radical (unpaired) electrons. The molecule has 0 saturated heterocycles. The molecule has 2 rings (SSSR count). The molecule has 0 spiro atoms. The minimum Gasteiger partial charge on any atom is -0.326 e. The smallest absolute Gasteiger partial charge is 0.260 e. The lowest BCUT2D eigenvalue weighted by molar-refractivity contribution is 0.548. The predicted molar refractivity (Wildman–Crippen MR) is 71.0 cm³/mol. The molecule has 2 heterocycles. The number of nitrogens with zero attached hydrogens (tertiary/aromatic N) is 4. The van der Waals surface area contributed by atoms with E-state index in [4.69, 9.17) is 5.73 Å². The fourth-order valence-electron chi connectivity index (χ4n) is 1.92. The topological polar surface area (TPSA) is 132 Å². The van der Waals surface area contributed by atoms with E-state index in [0.29, 0.717) is 17.1 Å². The average Bonchev–Trinajstić information content (AvgIpc) is 2.94. The Balaban J connectivity index is 2.30. The van der Waals surface area contributed by atoms with Gasteiger partial charge in [-0.3, -0.25) is 5.10 Å². The molecule has 0 bridgehead atoms. The van der Waals surface area contributed by atoms with Gasteiger partial charge in [0.2, 0.25) is 0 Å². The van der Waals surface area contributed by atoms with Gasteiger partial charge in [-0.15, -0.1) is 10.2 Å². The van der Waals surface area contributed by atoms with E-state index in [-0.39, 0.29) is 11.6 Å². The summed E-state index contributed by atoms with van der Waals surface area (Å²) in [6.07, 6.45) is 1.50. The maximum Gasteiger partial charge on any atom is 0.260 e. The van der Waals surface area contributed by atoms with E-state index in [1.54, 1.807) is 25.5 Å². The molecule has 4 N–H and O–H groups in total. The highest BCUT2D eigenvalue weighted by molar-refractivity contribution is 7.89. The van der Waals surface area contributed by atoms with Gasteiger partial charge in [-0.25, -0.2) is 8.42 Å². The van der Waals surface area contributed by atoms with Gasteiger partial charge in [0.25, 0.3) is 10.0 Å². The summed E-state index contributed by atoms with van der Waals surface area (Å²) in [5, 5.41) is 14.0. The Labute approximate surface area is 116 Å². The summed E-state index contributed by atoms with van der Waals surface area (Å²) in [7, 11) is -2.04. The standard InChI is InChI=1S/C10H17N7O2S/c1-6-8(4-11)10(15-13-6)20(18,19)16-7(2)9-14-12-5-17(9)3/h5,7,16H,4,11H2,1-3H3,(H,13,15). The van der Waals surface area contributed by atoms with Gasteiger partial charge in [-0.2, -0.15) is 9.82 Å². The summed E-state index contributed by atoms with van der Waals surface area (Å²) in [5.74, 6) is 0.509. The first kappa shape index (κ1) is 14.6. The fraction of sp³-hybridized carbons (Fsp3) is 0.500. The van der Waals surface area contributed by atoms with Crippen molar-refractivity contribution in [2.45, 2.75) is 31.5 Å². The van der Waals surface area contributed by atoms with Crippen LogP contribution in [0.5, 0.6) is 0 Å². The number of sulfonamides is 1. The fourth-order valence-corrected chi connectivity index (χ4v) is 3.33. The van der Waals surface area contributed by atoms with Crippen molar-refractivity contribution in [3.8, 4) is 0 Å². The zero-order chi connectivity index (χ0) is 14.9. The minimum absolute atomic E-state index is 0.0773. The number of H-pyrrole nitrogens is 1. The van der Waals surface area contributed by atoms with Gasteiger partial charge >= 0.3 is 0 Å². The first-order valence-corrected chi connectivity index (χ1v) is 7.45. The second-order valence-electron chi connectivity index (χ2n) is 4.48. The van der Waals surface area contributed by atoms with Crippen molar-refractivity contribution in [2.75, 3.05) is 0 Å². The van der Waals surface area contributed by atoms with Gasteiger partial charge in [0, 0.05) is 24.8 Å². The highest BCUT2D eigenvalue weighted by Crippen LogP contribution is 2.18. The molecule has 0 fully saturated rings. The minimum atomic E-state index is -3.78. The van der Waals surface area contributed by atoms with Crippen molar-refractivity contribution in [2.24, 2.45) is 12.8 Å². The van der Waals surface area contributed by atoms with Crippen molar-refractivity contribution in [1.29, 1.82) is 0 Å². The molecule has 0 aliphatic rings. The van der Waals surface area contributed by atoms with Crippen molar-refractivity contribution in [3.63, 3.8) is 0 Å². The Bertz CT molecular complexity index is 703. The van der Waals surface area contributed by atoms with E-state index in [0.717, 1.165) is 0 Å². The summed E-state index contributed by atoms with van der Waals surface area (Å²) in [6.45, 7) is 3.50. The van der Waals surface area contributed by atoms with Gasteiger partial charge in [-0.1, -0.05) is 0 Å². The van der Waals surface area contributed by atoms with Crippen molar-refractivity contribution < 1.29 is 8.42 Å². The molecule has 20 heavy (non-hydrogen) atoms. The number of aromatic nitrogens is 5. The molecule has 1 unspecified atom stereocenters. The highest BCUT2D eigenvalue weighted by atomic mass is 32.2. The third kappa shape index (κ3) is 2.57. The van der Waals surface area contributed by atoms with Crippen LogP contribution in [0, 0.1) is 6.92 Å². The molecule has 10 heteroatoms. The maximum absolute atomic E-state index is 12.3. The molecule has 0 aliphatic carbocycles. The van der Waals surface area contributed by atoms with Gasteiger partial charge in [0.15, 0.2) is 5.03 Å². The molecule has 2 aromatic heterocycles. The lowest BCUT2D eigenvalue weighted by atomic mass is 10.3. The predicted octanol–water partition coefficient (Wildman–Crippen LogP) is -0.655. The number of rotatable bonds is 5. The summed E-state index contributed by atoms with van der Waals surface area (Å²) < 4.78 is 28.8. The average molecular weight is 299 g/mol. The molecule has 110 valence electrons. The van der Waals surface area contributed by atoms with Crippen molar-refractivity contribution in [1.82, 2.24) is 29.7 Å². The van der Waals surface area contributed by atoms with Crippen LogP contribution in [0.25, 0.3) is 0 Å². The molecule has 9 nitrogen and oxygen atoms in total. The van der Waals surface area contributed by atoms with Crippen LogP contribution in [0.15, 0.2) is 11.4 Å². The van der Waals surface area contributed by atoms with Crippen LogP contribution in [-0.4, -0.2) is 33.4 Å². The largest absolute Gasteiger partial charge is 0.326 e.